The summed E-state index contributed by atoms with van der Waals surface area (Å²) in [5.74, 6) is 0.165. The molecule has 1 atom stereocenters. The van der Waals surface area contributed by atoms with E-state index in [2.05, 4.69) is 5.32 Å². The number of hydrogen-bond donors (Lipinski definition) is 1. The van der Waals surface area contributed by atoms with Gasteiger partial charge in [0.1, 0.15) is 5.75 Å². The quantitative estimate of drug-likeness (QED) is 0.584. The van der Waals surface area contributed by atoms with Crippen LogP contribution < -0.4 is 10.1 Å². The van der Waals surface area contributed by atoms with Crippen LogP contribution in [0.4, 0.5) is 0 Å². The minimum atomic E-state index is -3.81. The Labute approximate surface area is 183 Å². The van der Waals surface area contributed by atoms with Crippen LogP contribution in [0, 0.1) is 6.92 Å². The van der Waals surface area contributed by atoms with Gasteiger partial charge in [-0.2, -0.15) is 4.31 Å². The number of amides is 1. The number of methoxy groups -OCH3 is 1. The molecule has 1 N–H and O–H groups in total. The van der Waals surface area contributed by atoms with Gasteiger partial charge in [0.15, 0.2) is 0 Å². The Morgan fingerprint density at radius 3 is 2.23 bits per heavy atom. The highest BCUT2D eigenvalue weighted by Gasteiger charge is 2.25. The molecule has 3 aromatic rings. The monoisotopic (exact) mass is 438 g/mol. The summed E-state index contributed by atoms with van der Waals surface area (Å²) in [6, 6.07) is 23.2. The van der Waals surface area contributed by atoms with E-state index in [0.717, 1.165) is 21.0 Å². The van der Waals surface area contributed by atoms with Gasteiger partial charge in [0.05, 0.1) is 24.6 Å². The molecule has 162 valence electrons. The van der Waals surface area contributed by atoms with Crippen molar-refractivity contribution in [3.63, 3.8) is 0 Å². The number of nitrogens with one attached hydrogen (secondary N) is 1. The molecule has 0 aromatic heterocycles. The zero-order chi connectivity index (χ0) is 22.4. The predicted octanol–water partition coefficient (Wildman–Crippen LogP) is 3.53. The van der Waals surface area contributed by atoms with Crippen molar-refractivity contribution in [2.24, 2.45) is 0 Å². The Kier molecular flexibility index (Phi) is 7.09. The molecular formula is C24H26N2O4S. The molecule has 31 heavy (non-hydrogen) atoms. The van der Waals surface area contributed by atoms with E-state index in [9.17, 15) is 13.2 Å². The van der Waals surface area contributed by atoms with Gasteiger partial charge in [0.2, 0.25) is 15.9 Å². The van der Waals surface area contributed by atoms with Crippen LogP contribution in [0.25, 0.3) is 0 Å². The van der Waals surface area contributed by atoms with E-state index in [1.54, 1.807) is 12.1 Å². The van der Waals surface area contributed by atoms with Crippen molar-refractivity contribution in [2.45, 2.75) is 17.9 Å². The molecule has 0 bridgehead atoms. The first kappa shape index (κ1) is 22.5. The number of aryl methyl sites for hydroxylation is 1. The molecule has 0 aliphatic carbocycles. The molecule has 6 nitrogen and oxygen atoms in total. The summed E-state index contributed by atoms with van der Waals surface area (Å²) in [7, 11) is -0.910. The van der Waals surface area contributed by atoms with Crippen molar-refractivity contribution < 1.29 is 17.9 Å². The van der Waals surface area contributed by atoms with Crippen molar-refractivity contribution >= 4 is 15.9 Å². The molecule has 0 fully saturated rings. The third kappa shape index (κ3) is 5.51. The Morgan fingerprint density at radius 1 is 0.968 bits per heavy atom. The average Bonchev–Trinajstić information content (AvgIpc) is 2.78. The first-order valence-electron chi connectivity index (χ1n) is 9.82. The van der Waals surface area contributed by atoms with Crippen LogP contribution in [0.5, 0.6) is 5.75 Å². The van der Waals surface area contributed by atoms with Crippen LogP contribution in [-0.4, -0.2) is 39.3 Å². The molecule has 3 aromatic carbocycles. The lowest BCUT2D eigenvalue weighted by atomic mass is 9.97. The van der Waals surface area contributed by atoms with Gasteiger partial charge in [0, 0.05) is 7.05 Å². The summed E-state index contributed by atoms with van der Waals surface area (Å²) in [6.07, 6.45) is 0. The van der Waals surface area contributed by atoms with Crippen LogP contribution in [0.2, 0.25) is 0 Å². The largest absolute Gasteiger partial charge is 0.497 e. The number of sulfonamides is 1. The van der Waals surface area contributed by atoms with E-state index in [-0.39, 0.29) is 17.5 Å². The Bertz CT molecular complexity index is 1130. The van der Waals surface area contributed by atoms with Gasteiger partial charge in [-0.25, -0.2) is 8.42 Å². The SMILES string of the molecule is COc1ccc(S(=O)(=O)N(C)CC(=O)N[C@H](c2ccccc2)c2cccc(C)c2)cc1. The first-order chi connectivity index (χ1) is 14.8. The van der Waals surface area contributed by atoms with Crippen LogP contribution in [0.15, 0.2) is 83.8 Å². The van der Waals surface area contributed by atoms with Gasteiger partial charge < -0.3 is 10.1 Å². The maximum atomic E-state index is 12.8. The fourth-order valence-electron chi connectivity index (χ4n) is 3.28. The summed E-state index contributed by atoms with van der Waals surface area (Å²) in [5.41, 5.74) is 2.93. The molecular weight excluding hydrogens is 412 g/mol. The third-order valence-electron chi connectivity index (χ3n) is 4.95. The van der Waals surface area contributed by atoms with E-state index in [1.165, 1.54) is 26.3 Å². The molecule has 1 amide bonds. The number of rotatable bonds is 8. The molecule has 0 spiro atoms. The minimum absolute atomic E-state index is 0.0990. The van der Waals surface area contributed by atoms with Crippen molar-refractivity contribution in [1.82, 2.24) is 9.62 Å². The van der Waals surface area contributed by atoms with E-state index in [4.69, 9.17) is 4.74 Å². The Hall–Kier alpha value is -3.16. The van der Waals surface area contributed by atoms with E-state index >= 15 is 0 Å². The molecule has 3 rings (SSSR count). The van der Waals surface area contributed by atoms with Gasteiger partial charge in [-0.3, -0.25) is 4.79 Å². The van der Waals surface area contributed by atoms with Gasteiger partial charge in [0.25, 0.3) is 0 Å². The standard InChI is InChI=1S/C24H26N2O4S/c1-18-8-7-11-20(16-18)24(19-9-5-4-6-10-19)25-23(27)17-26(2)31(28,29)22-14-12-21(30-3)13-15-22/h4-16,24H,17H2,1-3H3,(H,25,27)/t24-/m1/s1. The number of hydrogen-bond acceptors (Lipinski definition) is 4. The maximum Gasteiger partial charge on any atom is 0.243 e. The number of benzene rings is 3. The summed E-state index contributed by atoms with van der Waals surface area (Å²) in [6.45, 7) is 1.69. The highest BCUT2D eigenvalue weighted by molar-refractivity contribution is 7.89. The Morgan fingerprint density at radius 2 is 1.61 bits per heavy atom. The van der Waals surface area contributed by atoms with E-state index in [0.29, 0.717) is 5.75 Å². The number of ether oxygens (including phenoxy) is 1. The smallest absolute Gasteiger partial charge is 0.243 e. The highest BCUT2D eigenvalue weighted by Crippen LogP contribution is 2.23. The topological polar surface area (TPSA) is 75.7 Å². The van der Waals surface area contributed by atoms with E-state index < -0.39 is 15.9 Å². The molecule has 0 aliphatic heterocycles. The van der Waals surface area contributed by atoms with E-state index in [1.807, 2.05) is 61.5 Å². The van der Waals surface area contributed by atoms with Crippen LogP contribution in [0.1, 0.15) is 22.7 Å². The molecule has 0 unspecified atom stereocenters. The predicted molar refractivity (Wildman–Crippen MR) is 120 cm³/mol. The second kappa shape index (κ2) is 9.76. The third-order valence-corrected chi connectivity index (χ3v) is 6.77. The van der Waals surface area contributed by atoms with Crippen molar-refractivity contribution in [3.8, 4) is 5.75 Å². The van der Waals surface area contributed by atoms with Crippen LogP contribution in [-0.2, 0) is 14.8 Å². The van der Waals surface area contributed by atoms with Crippen molar-refractivity contribution in [1.29, 1.82) is 0 Å². The molecule has 7 heteroatoms. The number of nitrogens with zero attached hydrogens (tertiary/aromatic N) is 1. The van der Waals surface area contributed by atoms with Gasteiger partial charge in [-0.15, -0.1) is 0 Å². The second-order valence-corrected chi connectivity index (χ2v) is 9.31. The first-order valence-corrected chi connectivity index (χ1v) is 11.3. The number of carbonyl (C=O) groups excluding carboxylic acids is 1. The van der Waals surface area contributed by atoms with Crippen LogP contribution in [0.3, 0.4) is 0 Å². The summed E-state index contributed by atoms with van der Waals surface area (Å²) in [4.78, 5) is 12.9. The van der Waals surface area contributed by atoms with Crippen molar-refractivity contribution in [3.05, 3.63) is 95.6 Å². The highest BCUT2D eigenvalue weighted by atomic mass is 32.2. The lowest BCUT2D eigenvalue weighted by Crippen LogP contribution is -2.40. The lowest BCUT2D eigenvalue weighted by Gasteiger charge is -2.22. The molecule has 0 aliphatic rings. The van der Waals surface area contributed by atoms with Gasteiger partial charge >= 0.3 is 0 Å². The second-order valence-electron chi connectivity index (χ2n) is 7.26. The normalized spacial score (nSPS) is 12.4. The zero-order valence-electron chi connectivity index (χ0n) is 17.8. The summed E-state index contributed by atoms with van der Waals surface area (Å²) < 4.78 is 31.8. The number of likely N-dealkylation sites (N-methyl/N-ethyl adjacent to an activating group) is 1. The lowest BCUT2D eigenvalue weighted by molar-refractivity contribution is -0.121. The molecule has 0 saturated carbocycles. The molecule has 0 radical (unpaired) electrons. The minimum Gasteiger partial charge on any atom is -0.497 e. The van der Waals surface area contributed by atoms with Crippen molar-refractivity contribution in [2.75, 3.05) is 20.7 Å². The molecule has 0 saturated heterocycles. The van der Waals surface area contributed by atoms with Gasteiger partial charge in [-0.05, 0) is 42.3 Å². The fraction of sp³-hybridized carbons (Fsp3) is 0.208. The summed E-state index contributed by atoms with van der Waals surface area (Å²) in [5, 5.41) is 2.98. The summed E-state index contributed by atoms with van der Waals surface area (Å²) >= 11 is 0. The average molecular weight is 439 g/mol. The maximum absolute atomic E-state index is 12.8. The Balaban J connectivity index is 1.78. The number of carbonyl (C=O) groups is 1. The zero-order valence-corrected chi connectivity index (χ0v) is 18.6. The fourth-order valence-corrected chi connectivity index (χ4v) is 4.40. The van der Waals surface area contributed by atoms with Gasteiger partial charge in [-0.1, -0.05) is 60.2 Å². The van der Waals surface area contributed by atoms with Crippen LogP contribution >= 0.6 is 0 Å². The molecule has 0 heterocycles.